The van der Waals surface area contributed by atoms with Gasteiger partial charge in [-0.05, 0) is 54.4 Å². The molecule has 5 nitrogen and oxygen atoms in total. The topological polar surface area (TPSA) is 52.7 Å². The predicted molar refractivity (Wildman–Crippen MR) is 142 cm³/mol. The molecule has 3 amide bonds. The number of likely N-dealkylation sites (tertiary alicyclic amines) is 1. The van der Waals surface area contributed by atoms with Crippen molar-refractivity contribution in [2.24, 2.45) is 0 Å². The van der Waals surface area contributed by atoms with Gasteiger partial charge in [0.1, 0.15) is 0 Å². The van der Waals surface area contributed by atoms with Gasteiger partial charge in [-0.15, -0.1) is 11.8 Å². The Morgan fingerprint density at radius 3 is 2.12 bits per heavy atom. The van der Waals surface area contributed by atoms with E-state index in [-0.39, 0.29) is 16.8 Å². The van der Waals surface area contributed by atoms with Gasteiger partial charge in [0, 0.05) is 36.6 Å². The van der Waals surface area contributed by atoms with E-state index in [1.807, 2.05) is 47.9 Å². The van der Waals surface area contributed by atoms with Crippen LogP contribution in [0.5, 0.6) is 0 Å². The molecule has 0 unspecified atom stereocenters. The van der Waals surface area contributed by atoms with Crippen molar-refractivity contribution >= 4 is 29.4 Å². The van der Waals surface area contributed by atoms with Crippen molar-refractivity contribution < 1.29 is 9.59 Å². The molecule has 182 valence electrons. The normalized spacial score (nSPS) is 17.6. The van der Waals surface area contributed by atoms with Gasteiger partial charge in [-0.25, -0.2) is 4.79 Å². The highest BCUT2D eigenvalue weighted by molar-refractivity contribution is 8.00. The molecule has 2 fully saturated rings. The molecule has 0 atom stereocenters. The third kappa shape index (κ3) is 4.70. The minimum absolute atomic E-state index is 0.0374. The molecule has 2 aromatic carbocycles. The quantitative estimate of drug-likeness (QED) is 0.548. The van der Waals surface area contributed by atoms with Crippen LogP contribution in [0.1, 0.15) is 79.4 Å². The number of hydrogen-bond acceptors (Lipinski definition) is 3. The lowest BCUT2D eigenvalue weighted by Crippen LogP contribution is -2.54. The number of benzene rings is 2. The maximum absolute atomic E-state index is 13.4. The highest BCUT2D eigenvalue weighted by atomic mass is 32.2. The molecule has 2 saturated heterocycles. The van der Waals surface area contributed by atoms with Gasteiger partial charge in [-0.2, -0.15) is 0 Å². The Hall–Kier alpha value is -2.47. The highest BCUT2D eigenvalue weighted by Gasteiger charge is 2.47. The van der Waals surface area contributed by atoms with Crippen LogP contribution in [0.3, 0.4) is 0 Å². The van der Waals surface area contributed by atoms with Crippen LogP contribution in [0.4, 0.5) is 10.5 Å². The number of urea groups is 1. The van der Waals surface area contributed by atoms with Crippen molar-refractivity contribution in [3.63, 3.8) is 0 Å². The SMILES string of the molecule is Cc1ccccc1C(=O)N1CCSC12CCN(C(=O)Nc1c(C(C)C)cccc1C(C)C)CC2. The molecule has 1 spiro atoms. The molecular formula is C28H37N3O2S. The van der Waals surface area contributed by atoms with Crippen LogP contribution >= 0.6 is 11.8 Å². The molecule has 0 bridgehead atoms. The van der Waals surface area contributed by atoms with E-state index in [9.17, 15) is 9.59 Å². The molecule has 1 N–H and O–H groups in total. The molecule has 6 heteroatoms. The summed E-state index contributed by atoms with van der Waals surface area (Å²) in [5.41, 5.74) is 5.12. The van der Waals surface area contributed by atoms with E-state index in [1.54, 1.807) is 0 Å². The van der Waals surface area contributed by atoms with Gasteiger partial charge in [-0.3, -0.25) is 4.79 Å². The summed E-state index contributed by atoms with van der Waals surface area (Å²) in [6.07, 6.45) is 1.59. The first-order valence-electron chi connectivity index (χ1n) is 12.4. The number of carbonyl (C=O) groups excluding carboxylic acids is 2. The van der Waals surface area contributed by atoms with Crippen LogP contribution in [-0.4, -0.2) is 52.0 Å². The Kier molecular flexibility index (Phi) is 7.27. The van der Waals surface area contributed by atoms with E-state index in [2.05, 4.69) is 56.1 Å². The van der Waals surface area contributed by atoms with Gasteiger partial charge in [0.15, 0.2) is 0 Å². The second kappa shape index (κ2) is 10.0. The zero-order valence-electron chi connectivity index (χ0n) is 21.1. The Morgan fingerprint density at radius 2 is 1.53 bits per heavy atom. The fourth-order valence-corrected chi connectivity index (χ4v) is 6.66. The van der Waals surface area contributed by atoms with Crippen molar-refractivity contribution in [2.45, 2.75) is 64.2 Å². The first-order valence-corrected chi connectivity index (χ1v) is 13.4. The smallest absolute Gasteiger partial charge is 0.321 e. The number of nitrogens with zero attached hydrogens (tertiary/aromatic N) is 2. The fourth-order valence-electron chi connectivity index (χ4n) is 5.21. The van der Waals surface area contributed by atoms with Gasteiger partial charge in [0.2, 0.25) is 0 Å². The third-order valence-electron chi connectivity index (χ3n) is 7.23. The average Bonchev–Trinajstić information content (AvgIpc) is 3.22. The number of para-hydroxylation sites is 1. The molecule has 0 aromatic heterocycles. The van der Waals surface area contributed by atoms with E-state index >= 15 is 0 Å². The van der Waals surface area contributed by atoms with Gasteiger partial charge in [-0.1, -0.05) is 64.1 Å². The van der Waals surface area contributed by atoms with Crippen molar-refractivity contribution in [3.8, 4) is 0 Å². The van der Waals surface area contributed by atoms with Crippen molar-refractivity contribution in [2.75, 3.05) is 30.7 Å². The van der Waals surface area contributed by atoms with Crippen LogP contribution < -0.4 is 5.32 Å². The van der Waals surface area contributed by atoms with Gasteiger partial charge >= 0.3 is 6.03 Å². The molecule has 2 aromatic rings. The number of hydrogen-bond donors (Lipinski definition) is 1. The first kappa shape index (κ1) is 24.6. The second-order valence-electron chi connectivity index (χ2n) is 10.1. The summed E-state index contributed by atoms with van der Waals surface area (Å²) < 4.78 is 0. The summed E-state index contributed by atoms with van der Waals surface area (Å²) in [5.74, 6) is 1.72. The van der Waals surface area contributed by atoms with Crippen molar-refractivity contribution in [1.82, 2.24) is 9.80 Å². The van der Waals surface area contributed by atoms with E-state index in [1.165, 1.54) is 11.1 Å². The molecule has 0 radical (unpaired) electrons. The summed E-state index contributed by atoms with van der Waals surface area (Å²) in [6, 6.07) is 14.1. The number of amides is 3. The lowest BCUT2D eigenvalue weighted by atomic mass is 9.92. The Bertz CT molecular complexity index is 1030. The van der Waals surface area contributed by atoms with Crippen LogP contribution in [0.25, 0.3) is 0 Å². The summed E-state index contributed by atoms with van der Waals surface area (Å²) >= 11 is 1.88. The lowest BCUT2D eigenvalue weighted by Gasteiger charge is -2.44. The number of anilines is 1. The molecule has 34 heavy (non-hydrogen) atoms. The summed E-state index contributed by atoms with van der Waals surface area (Å²) in [7, 11) is 0. The van der Waals surface area contributed by atoms with Gasteiger partial charge in [0.25, 0.3) is 5.91 Å². The number of nitrogens with one attached hydrogen (secondary N) is 1. The Morgan fingerprint density at radius 1 is 0.912 bits per heavy atom. The number of aryl methyl sites for hydroxylation is 1. The number of piperidine rings is 1. The number of thioether (sulfide) groups is 1. The maximum Gasteiger partial charge on any atom is 0.321 e. The molecule has 2 aliphatic rings. The molecule has 0 aliphatic carbocycles. The second-order valence-corrected chi connectivity index (χ2v) is 11.6. The van der Waals surface area contributed by atoms with E-state index in [0.29, 0.717) is 24.9 Å². The summed E-state index contributed by atoms with van der Waals surface area (Å²) in [4.78, 5) is 30.5. The minimum atomic E-state index is -0.213. The van der Waals surface area contributed by atoms with E-state index in [0.717, 1.165) is 42.0 Å². The molecule has 2 aliphatic heterocycles. The van der Waals surface area contributed by atoms with Crippen LogP contribution in [0, 0.1) is 6.92 Å². The average molecular weight is 480 g/mol. The van der Waals surface area contributed by atoms with E-state index < -0.39 is 0 Å². The molecule has 4 rings (SSSR count). The van der Waals surface area contributed by atoms with Crippen LogP contribution in [-0.2, 0) is 0 Å². The van der Waals surface area contributed by atoms with Gasteiger partial charge < -0.3 is 15.1 Å². The van der Waals surface area contributed by atoms with Crippen molar-refractivity contribution in [1.29, 1.82) is 0 Å². The third-order valence-corrected chi connectivity index (χ3v) is 8.79. The summed E-state index contributed by atoms with van der Waals surface area (Å²) in [5, 5.41) is 3.26. The highest BCUT2D eigenvalue weighted by Crippen LogP contribution is 2.45. The van der Waals surface area contributed by atoms with Crippen LogP contribution in [0.2, 0.25) is 0 Å². The van der Waals surface area contributed by atoms with Gasteiger partial charge in [0.05, 0.1) is 4.87 Å². The first-order chi connectivity index (χ1) is 16.2. The maximum atomic E-state index is 13.4. The zero-order valence-corrected chi connectivity index (χ0v) is 21.9. The zero-order chi connectivity index (χ0) is 24.5. The Labute approximate surface area is 208 Å². The fraction of sp³-hybridized carbons (Fsp3) is 0.500. The minimum Gasteiger partial charge on any atom is -0.324 e. The molecule has 0 saturated carbocycles. The number of carbonyl (C=O) groups is 2. The number of rotatable bonds is 4. The Balaban J connectivity index is 1.47. The van der Waals surface area contributed by atoms with Crippen molar-refractivity contribution in [3.05, 3.63) is 64.7 Å². The summed E-state index contributed by atoms with van der Waals surface area (Å²) in [6.45, 7) is 12.7. The lowest BCUT2D eigenvalue weighted by molar-refractivity contribution is 0.0585. The predicted octanol–water partition coefficient (Wildman–Crippen LogP) is 6.46. The standard InChI is InChI=1S/C28H37N3O2S/c1-19(2)22-11-8-12-23(20(3)4)25(22)29-27(33)30-15-13-28(14-16-30)31(17-18-34-28)26(32)24-10-7-6-9-21(24)5/h6-12,19-20H,13-18H2,1-5H3,(H,29,33). The monoisotopic (exact) mass is 479 g/mol. The van der Waals surface area contributed by atoms with Crippen LogP contribution in [0.15, 0.2) is 42.5 Å². The molecular weight excluding hydrogens is 442 g/mol. The van der Waals surface area contributed by atoms with E-state index in [4.69, 9.17) is 0 Å². The largest absolute Gasteiger partial charge is 0.324 e. The molecule has 2 heterocycles.